The van der Waals surface area contributed by atoms with E-state index in [0.29, 0.717) is 37.0 Å². The van der Waals surface area contributed by atoms with Crippen LogP contribution in [-0.2, 0) is 4.74 Å². The molecule has 1 fully saturated rings. The van der Waals surface area contributed by atoms with E-state index in [1.165, 1.54) is 13.1 Å². The maximum absolute atomic E-state index is 11.8. The number of amides is 1. The summed E-state index contributed by atoms with van der Waals surface area (Å²) in [5, 5.41) is 14.4. The summed E-state index contributed by atoms with van der Waals surface area (Å²) in [5.74, 6) is 1.01. The number of aromatic nitrogens is 3. The van der Waals surface area contributed by atoms with Crippen LogP contribution < -0.4 is 10.6 Å². The lowest BCUT2D eigenvalue weighted by Gasteiger charge is -2.31. The van der Waals surface area contributed by atoms with Crippen LogP contribution in [0.2, 0.25) is 0 Å². The lowest BCUT2D eigenvalue weighted by atomic mass is 10.1. The fourth-order valence-corrected chi connectivity index (χ4v) is 2.96. The van der Waals surface area contributed by atoms with Gasteiger partial charge < -0.3 is 20.3 Å². The number of nitrogens with one attached hydrogen (secondary N) is 2. The Balaban J connectivity index is 1.55. The SMILES string of the molecule is CCOC(=O)N1CCC(Nc2nncc(Nc3ccc(C(C)=O)cc3)n2)CC1. The minimum atomic E-state index is -0.263. The highest BCUT2D eigenvalue weighted by atomic mass is 16.6. The molecule has 0 saturated carbocycles. The molecule has 1 aliphatic rings. The minimum absolute atomic E-state index is 0.0238. The molecular formula is C19H24N6O3. The van der Waals surface area contributed by atoms with Crippen LogP contribution in [0.4, 0.5) is 22.2 Å². The predicted molar refractivity (Wildman–Crippen MR) is 105 cm³/mol. The van der Waals surface area contributed by atoms with Gasteiger partial charge in [-0.25, -0.2) is 4.79 Å². The third kappa shape index (κ3) is 5.15. The number of anilines is 3. The summed E-state index contributed by atoms with van der Waals surface area (Å²) >= 11 is 0. The number of rotatable bonds is 6. The Morgan fingerprint density at radius 2 is 1.93 bits per heavy atom. The van der Waals surface area contributed by atoms with Crippen molar-refractivity contribution >= 4 is 29.3 Å². The zero-order chi connectivity index (χ0) is 19.9. The first-order valence-electron chi connectivity index (χ1n) is 9.31. The van der Waals surface area contributed by atoms with Crippen LogP contribution >= 0.6 is 0 Å². The molecule has 1 aliphatic heterocycles. The zero-order valence-electron chi connectivity index (χ0n) is 16.0. The van der Waals surface area contributed by atoms with Gasteiger partial charge in [-0.2, -0.15) is 10.1 Å². The number of Topliss-reactive ketones (excluding diaryl/α,β-unsaturated/α-hetero) is 1. The van der Waals surface area contributed by atoms with E-state index >= 15 is 0 Å². The first kappa shape index (κ1) is 19.5. The number of nitrogens with zero attached hydrogens (tertiary/aromatic N) is 4. The minimum Gasteiger partial charge on any atom is -0.450 e. The number of carbonyl (C=O) groups excluding carboxylic acids is 2. The second kappa shape index (κ2) is 9.12. The molecule has 1 aromatic carbocycles. The zero-order valence-corrected chi connectivity index (χ0v) is 16.0. The first-order chi connectivity index (χ1) is 13.5. The molecule has 9 nitrogen and oxygen atoms in total. The average Bonchev–Trinajstić information content (AvgIpc) is 2.69. The van der Waals surface area contributed by atoms with Crippen LogP contribution in [0, 0.1) is 0 Å². The van der Waals surface area contributed by atoms with Crippen LogP contribution in [0.5, 0.6) is 0 Å². The summed E-state index contributed by atoms with van der Waals surface area (Å²) in [7, 11) is 0. The van der Waals surface area contributed by atoms with E-state index in [9.17, 15) is 9.59 Å². The molecule has 1 aromatic heterocycles. The molecule has 0 spiro atoms. The Kier molecular flexibility index (Phi) is 6.36. The quantitative estimate of drug-likeness (QED) is 0.732. The Morgan fingerprint density at radius 3 is 2.57 bits per heavy atom. The number of ketones is 1. The van der Waals surface area contributed by atoms with Crippen molar-refractivity contribution in [1.29, 1.82) is 0 Å². The van der Waals surface area contributed by atoms with Gasteiger partial charge in [0.2, 0.25) is 5.95 Å². The van der Waals surface area contributed by atoms with E-state index in [0.717, 1.165) is 18.5 Å². The third-order valence-corrected chi connectivity index (χ3v) is 4.48. The molecule has 0 unspecified atom stereocenters. The van der Waals surface area contributed by atoms with Crippen molar-refractivity contribution in [2.24, 2.45) is 0 Å². The molecule has 0 radical (unpaired) electrons. The maximum atomic E-state index is 11.8. The van der Waals surface area contributed by atoms with Gasteiger partial charge in [0.25, 0.3) is 0 Å². The van der Waals surface area contributed by atoms with Gasteiger partial charge in [0.1, 0.15) is 0 Å². The van der Waals surface area contributed by atoms with Gasteiger partial charge in [-0.15, -0.1) is 5.10 Å². The van der Waals surface area contributed by atoms with Gasteiger partial charge in [-0.1, -0.05) is 0 Å². The molecule has 2 N–H and O–H groups in total. The lowest BCUT2D eigenvalue weighted by molar-refractivity contribution is 0.0981. The van der Waals surface area contributed by atoms with Crippen molar-refractivity contribution in [3.05, 3.63) is 36.0 Å². The van der Waals surface area contributed by atoms with Gasteiger partial charge >= 0.3 is 6.09 Å². The molecule has 2 aromatic rings. The molecule has 9 heteroatoms. The molecule has 1 saturated heterocycles. The Hall–Kier alpha value is -3.23. The van der Waals surface area contributed by atoms with Crippen LogP contribution in [0.15, 0.2) is 30.5 Å². The van der Waals surface area contributed by atoms with Crippen molar-refractivity contribution in [2.45, 2.75) is 32.7 Å². The second-order valence-corrected chi connectivity index (χ2v) is 6.53. The number of benzene rings is 1. The predicted octanol–water partition coefficient (Wildman–Crippen LogP) is 2.85. The summed E-state index contributed by atoms with van der Waals surface area (Å²) in [5.41, 5.74) is 1.46. The van der Waals surface area contributed by atoms with Gasteiger partial charge in [-0.05, 0) is 51.0 Å². The average molecular weight is 384 g/mol. The highest BCUT2D eigenvalue weighted by Gasteiger charge is 2.24. The van der Waals surface area contributed by atoms with Crippen molar-refractivity contribution in [3.63, 3.8) is 0 Å². The number of carbonyl (C=O) groups is 2. The highest BCUT2D eigenvalue weighted by molar-refractivity contribution is 5.94. The van der Waals surface area contributed by atoms with Crippen molar-refractivity contribution in [3.8, 4) is 0 Å². The summed E-state index contributed by atoms with van der Waals surface area (Å²) < 4.78 is 5.03. The number of likely N-dealkylation sites (tertiary alicyclic amines) is 1. The number of hydrogen-bond donors (Lipinski definition) is 2. The van der Waals surface area contributed by atoms with E-state index < -0.39 is 0 Å². The second-order valence-electron chi connectivity index (χ2n) is 6.53. The fraction of sp³-hybridized carbons (Fsp3) is 0.421. The molecule has 1 amide bonds. The summed E-state index contributed by atoms with van der Waals surface area (Å²) in [6.07, 6.45) is 2.84. The molecule has 0 atom stereocenters. The molecule has 148 valence electrons. The normalized spacial score (nSPS) is 14.4. The van der Waals surface area contributed by atoms with Gasteiger partial charge in [0, 0.05) is 30.4 Å². The van der Waals surface area contributed by atoms with E-state index in [1.54, 1.807) is 24.0 Å². The largest absolute Gasteiger partial charge is 0.450 e. The first-order valence-corrected chi connectivity index (χ1v) is 9.31. The van der Waals surface area contributed by atoms with Gasteiger partial charge in [-0.3, -0.25) is 4.79 Å². The number of ether oxygens (including phenoxy) is 1. The third-order valence-electron chi connectivity index (χ3n) is 4.48. The van der Waals surface area contributed by atoms with Crippen molar-refractivity contribution in [2.75, 3.05) is 30.3 Å². The smallest absolute Gasteiger partial charge is 0.409 e. The van der Waals surface area contributed by atoms with Crippen LogP contribution in [0.3, 0.4) is 0 Å². The van der Waals surface area contributed by atoms with Crippen LogP contribution in [-0.4, -0.2) is 57.7 Å². The number of hydrogen-bond acceptors (Lipinski definition) is 8. The Labute approximate surface area is 163 Å². The molecule has 3 rings (SSSR count). The Morgan fingerprint density at radius 1 is 1.21 bits per heavy atom. The highest BCUT2D eigenvalue weighted by Crippen LogP contribution is 2.18. The molecule has 28 heavy (non-hydrogen) atoms. The molecule has 2 heterocycles. The van der Waals surface area contributed by atoms with E-state index in [1.807, 2.05) is 12.1 Å². The maximum Gasteiger partial charge on any atom is 0.409 e. The lowest BCUT2D eigenvalue weighted by Crippen LogP contribution is -2.42. The van der Waals surface area contributed by atoms with E-state index in [4.69, 9.17) is 4.74 Å². The van der Waals surface area contributed by atoms with E-state index in [-0.39, 0.29) is 17.9 Å². The summed E-state index contributed by atoms with van der Waals surface area (Å²) in [6, 6.07) is 7.32. The Bertz CT molecular complexity index is 819. The van der Waals surface area contributed by atoms with Crippen LogP contribution in [0.25, 0.3) is 0 Å². The van der Waals surface area contributed by atoms with Crippen molar-refractivity contribution < 1.29 is 14.3 Å². The summed E-state index contributed by atoms with van der Waals surface area (Å²) in [6.45, 7) is 4.98. The van der Waals surface area contributed by atoms with Gasteiger partial charge in [0.05, 0.1) is 12.8 Å². The fourth-order valence-electron chi connectivity index (χ4n) is 2.96. The number of piperidine rings is 1. The molecular weight excluding hydrogens is 360 g/mol. The molecule has 0 aliphatic carbocycles. The topological polar surface area (TPSA) is 109 Å². The summed E-state index contributed by atoms with van der Waals surface area (Å²) in [4.78, 5) is 29.3. The monoisotopic (exact) mass is 384 g/mol. The van der Waals surface area contributed by atoms with Crippen LogP contribution in [0.1, 0.15) is 37.0 Å². The molecule has 0 bridgehead atoms. The van der Waals surface area contributed by atoms with Crippen molar-refractivity contribution in [1.82, 2.24) is 20.1 Å². The van der Waals surface area contributed by atoms with Gasteiger partial charge in [0.15, 0.2) is 11.6 Å². The standard InChI is InChI=1S/C19H24N6O3/c1-3-28-19(27)25-10-8-16(9-11-25)22-18-23-17(12-20-24-18)21-15-6-4-14(5-7-15)13(2)26/h4-7,12,16H,3,8-11H2,1-2H3,(H2,21,22,23,24). The van der Waals surface area contributed by atoms with E-state index in [2.05, 4.69) is 25.8 Å².